The predicted molar refractivity (Wildman–Crippen MR) is 218 cm³/mol. The Morgan fingerprint density at radius 2 is 0.875 bits per heavy atom. The van der Waals surface area contributed by atoms with Crippen LogP contribution in [0.25, 0.3) is 0 Å². The fraction of sp³-hybridized carbons (Fsp3) is 0.304. The highest BCUT2D eigenvalue weighted by molar-refractivity contribution is 6.31. The van der Waals surface area contributed by atoms with Gasteiger partial charge in [0, 0.05) is 47.7 Å². The minimum Gasteiger partial charge on any atom is -0.494 e. The van der Waals surface area contributed by atoms with Crippen LogP contribution >= 0.6 is 0 Å². The maximum atomic E-state index is 13.9. The number of hydrogen-bond donors (Lipinski definition) is 2. The highest BCUT2D eigenvalue weighted by Crippen LogP contribution is 2.37. The summed E-state index contributed by atoms with van der Waals surface area (Å²) in [6.45, 7) is 9.66. The van der Waals surface area contributed by atoms with Crippen molar-refractivity contribution in [1.29, 1.82) is 0 Å². The fourth-order valence-electron chi connectivity index (χ4n) is 6.28. The van der Waals surface area contributed by atoms with E-state index < -0.39 is 11.9 Å². The molecule has 1 aliphatic carbocycles. The van der Waals surface area contributed by atoms with Gasteiger partial charge in [-0.3, -0.25) is 9.59 Å². The van der Waals surface area contributed by atoms with E-state index in [9.17, 15) is 19.2 Å². The molecule has 0 saturated heterocycles. The summed E-state index contributed by atoms with van der Waals surface area (Å²) in [5.41, 5.74) is 4.69. The maximum absolute atomic E-state index is 13.9. The van der Waals surface area contributed by atoms with E-state index in [1.807, 2.05) is 60.7 Å². The van der Waals surface area contributed by atoms with Crippen LogP contribution in [-0.2, 0) is 32.2 Å². The van der Waals surface area contributed by atoms with Crippen molar-refractivity contribution in [2.45, 2.75) is 64.5 Å². The molecule has 292 valence electrons. The molecule has 10 heteroatoms. The minimum atomic E-state index is -0.392. The standard InChI is InChI=1S/C46H50N2O8/c1-3-41(49)55-29-13-7-5-11-27-53-35-21-17-33(18-22-35)31-47-39-25-26-40(44-43(39)45(51)37-15-9-10-16-38(37)46(44)52)48-32-34-19-23-36(24-20-34)54-28-12-6-8-14-30-56-42(50)4-2/h3-4,9-10,15-26,47-48H,1-2,5-8,11-14,27-32H2. The number of ketones is 2. The van der Waals surface area contributed by atoms with Gasteiger partial charge >= 0.3 is 11.9 Å². The summed E-state index contributed by atoms with van der Waals surface area (Å²) >= 11 is 0. The van der Waals surface area contributed by atoms with E-state index >= 15 is 0 Å². The van der Waals surface area contributed by atoms with E-state index in [1.54, 1.807) is 24.3 Å². The van der Waals surface area contributed by atoms with Gasteiger partial charge in [-0.2, -0.15) is 0 Å². The molecular formula is C46H50N2O8. The molecule has 0 bridgehead atoms. The first-order valence-corrected chi connectivity index (χ1v) is 19.2. The number of esters is 2. The molecule has 2 N–H and O–H groups in total. The summed E-state index contributed by atoms with van der Waals surface area (Å²) < 4.78 is 21.8. The number of carbonyl (C=O) groups excluding carboxylic acids is 4. The van der Waals surface area contributed by atoms with Crippen LogP contribution in [0.5, 0.6) is 11.5 Å². The zero-order valence-corrected chi connectivity index (χ0v) is 31.8. The van der Waals surface area contributed by atoms with E-state index in [-0.39, 0.29) is 11.6 Å². The Kier molecular flexibility index (Phi) is 15.9. The van der Waals surface area contributed by atoms with E-state index in [0.29, 0.717) is 73.1 Å². The highest BCUT2D eigenvalue weighted by atomic mass is 16.5. The van der Waals surface area contributed by atoms with E-state index in [1.165, 1.54) is 12.2 Å². The lowest BCUT2D eigenvalue weighted by Gasteiger charge is -2.24. The number of unbranched alkanes of at least 4 members (excludes halogenated alkanes) is 6. The minimum absolute atomic E-state index is 0.194. The van der Waals surface area contributed by atoms with Gasteiger partial charge in [0.05, 0.1) is 37.6 Å². The van der Waals surface area contributed by atoms with Crippen LogP contribution in [0.1, 0.15) is 94.3 Å². The van der Waals surface area contributed by atoms with Crippen molar-refractivity contribution in [3.63, 3.8) is 0 Å². The average Bonchev–Trinajstić information content (AvgIpc) is 3.23. The molecule has 4 aromatic rings. The summed E-state index contributed by atoms with van der Waals surface area (Å²) in [5.74, 6) is 0.374. The molecule has 10 nitrogen and oxygen atoms in total. The predicted octanol–water partition coefficient (Wildman–Crippen LogP) is 9.02. The van der Waals surface area contributed by atoms with E-state index in [0.717, 1.165) is 74.0 Å². The van der Waals surface area contributed by atoms with Crippen molar-refractivity contribution in [3.05, 3.63) is 144 Å². The Morgan fingerprint density at radius 3 is 1.25 bits per heavy atom. The quantitative estimate of drug-likeness (QED) is 0.0357. The first kappa shape index (κ1) is 41.0. The van der Waals surface area contributed by atoms with Crippen LogP contribution in [0.4, 0.5) is 11.4 Å². The first-order valence-electron chi connectivity index (χ1n) is 19.2. The Labute approximate surface area is 328 Å². The second-order valence-corrected chi connectivity index (χ2v) is 13.4. The molecule has 0 unspecified atom stereocenters. The number of benzene rings is 4. The van der Waals surface area contributed by atoms with E-state index in [4.69, 9.17) is 18.9 Å². The number of nitrogens with one attached hydrogen (secondary N) is 2. The number of anilines is 2. The summed E-state index contributed by atoms with van der Waals surface area (Å²) in [6.07, 6.45) is 9.61. The number of rotatable bonds is 24. The van der Waals surface area contributed by atoms with Crippen molar-refractivity contribution in [3.8, 4) is 11.5 Å². The molecule has 0 fully saturated rings. The van der Waals surface area contributed by atoms with Crippen LogP contribution in [0, 0.1) is 0 Å². The highest BCUT2D eigenvalue weighted by Gasteiger charge is 2.33. The molecule has 0 amide bonds. The molecule has 56 heavy (non-hydrogen) atoms. The van der Waals surface area contributed by atoms with Crippen molar-refractivity contribution >= 4 is 34.9 Å². The van der Waals surface area contributed by atoms with Gasteiger partial charge < -0.3 is 29.6 Å². The van der Waals surface area contributed by atoms with Crippen molar-refractivity contribution in [2.24, 2.45) is 0 Å². The first-order chi connectivity index (χ1) is 27.4. The smallest absolute Gasteiger partial charge is 0.330 e. The van der Waals surface area contributed by atoms with Gasteiger partial charge in [-0.15, -0.1) is 0 Å². The van der Waals surface area contributed by atoms with Crippen LogP contribution in [0.15, 0.2) is 110 Å². The monoisotopic (exact) mass is 758 g/mol. The number of hydrogen-bond acceptors (Lipinski definition) is 10. The Balaban J connectivity index is 1.14. The van der Waals surface area contributed by atoms with Gasteiger partial charge in [0.2, 0.25) is 0 Å². The van der Waals surface area contributed by atoms with Crippen molar-refractivity contribution < 1.29 is 38.1 Å². The van der Waals surface area contributed by atoms with Crippen LogP contribution in [-0.4, -0.2) is 49.9 Å². The lowest BCUT2D eigenvalue weighted by molar-refractivity contribution is -0.138. The topological polar surface area (TPSA) is 129 Å². The summed E-state index contributed by atoms with van der Waals surface area (Å²) in [7, 11) is 0. The number of ether oxygens (including phenoxy) is 4. The van der Waals surface area contributed by atoms with Crippen molar-refractivity contribution in [1.82, 2.24) is 0 Å². The molecule has 0 saturated carbocycles. The summed E-state index contributed by atoms with van der Waals surface area (Å²) in [5, 5.41) is 6.82. The lowest BCUT2D eigenvalue weighted by Crippen LogP contribution is -2.24. The zero-order valence-electron chi connectivity index (χ0n) is 31.8. The van der Waals surface area contributed by atoms with Crippen molar-refractivity contribution in [2.75, 3.05) is 37.1 Å². The Bertz CT molecular complexity index is 1830. The molecule has 0 atom stereocenters. The third-order valence-electron chi connectivity index (χ3n) is 9.33. The third kappa shape index (κ3) is 11.9. The van der Waals surface area contributed by atoms with E-state index in [2.05, 4.69) is 23.8 Å². The molecule has 0 radical (unpaired) electrons. The SMILES string of the molecule is C=CC(=O)OCCCCCCOc1ccc(CNc2ccc(NCc3ccc(OCCCCCCOC(=O)C=C)cc3)c3c2C(=O)c2ccccc2C3=O)cc1. The van der Waals surface area contributed by atoms with Crippen LogP contribution < -0.4 is 20.1 Å². The van der Waals surface area contributed by atoms with Crippen LogP contribution in [0.3, 0.4) is 0 Å². The molecular weight excluding hydrogens is 709 g/mol. The van der Waals surface area contributed by atoms with Gasteiger partial charge in [0.15, 0.2) is 11.6 Å². The van der Waals surface area contributed by atoms with Gasteiger partial charge in [0.1, 0.15) is 11.5 Å². The molecule has 5 rings (SSSR count). The average molecular weight is 759 g/mol. The van der Waals surface area contributed by atoms with Gasteiger partial charge in [0.25, 0.3) is 0 Å². The molecule has 0 heterocycles. The Morgan fingerprint density at radius 1 is 0.500 bits per heavy atom. The molecule has 0 aromatic heterocycles. The van der Waals surface area contributed by atoms with Gasteiger partial charge in [-0.1, -0.05) is 61.7 Å². The lowest BCUT2D eigenvalue weighted by atomic mass is 9.82. The second kappa shape index (κ2) is 21.7. The third-order valence-corrected chi connectivity index (χ3v) is 9.33. The Hall–Kier alpha value is -6.16. The molecule has 1 aliphatic rings. The molecule has 0 aliphatic heterocycles. The zero-order chi connectivity index (χ0) is 39.5. The fourth-order valence-corrected chi connectivity index (χ4v) is 6.28. The second-order valence-electron chi connectivity index (χ2n) is 13.4. The van der Waals surface area contributed by atoms with Gasteiger partial charge in [-0.05, 0) is 98.9 Å². The summed E-state index contributed by atoms with van der Waals surface area (Å²) in [6, 6.07) is 26.3. The number of fused-ring (bicyclic) bond motifs is 2. The number of carbonyl (C=O) groups is 4. The van der Waals surface area contributed by atoms with Crippen LogP contribution in [0.2, 0.25) is 0 Å². The largest absolute Gasteiger partial charge is 0.494 e. The molecule has 4 aromatic carbocycles. The normalized spacial score (nSPS) is 11.5. The summed E-state index contributed by atoms with van der Waals surface area (Å²) in [4.78, 5) is 50.1. The maximum Gasteiger partial charge on any atom is 0.330 e. The van der Waals surface area contributed by atoms with Gasteiger partial charge in [-0.25, -0.2) is 9.59 Å². The molecule has 0 spiro atoms.